The first-order valence-corrected chi connectivity index (χ1v) is 10.3. The molecule has 3 aromatic rings. The van der Waals surface area contributed by atoms with Crippen LogP contribution in [0.1, 0.15) is 20.8 Å². The van der Waals surface area contributed by atoms with Crippen LogP contribution in [0.15, 0.2) is 48.9 Å². The molecule has 164 valence electrons. The van der Waals surface area contributed by atoms with Gasteiger partial charge in [-0.05, 0) is 24.3 Å². The van der Waals surface area contributed by atoms with Crippen LogP contribution in [-0.4, -0.2) is 70.0 Å². The van der Waals surface area contributed by atoms with Gasteiger partial charge in [0.2, 0.25) is 0 Å². The third-order valence-corrected chi connectivity index (χ3v) is 6.12. The van der Waals surface area contributed by atoms with Crippen molar-refractivity contribution in [3.8, 4) is 5.69 Å². The molecular formula is C22H21FN6O3. The Balaban J connectivity index is 1.34. The normalized spacial score (nSPS) is 19.8. The van der Waals surface area contributed by atoms with Crippen LogP contribution in [0.3, 0.4) is 0 Å². The first kappa shape index (κ1) is 20.1. The molecule has 10 heteroatoms. The lowest BCUT2D eigenvalue weighted by Crippen LogP contribution is -2.35. The van der Waals surface area contributed by atoms with Gasteiger partial charge >= 0.3 is 5.97 Å². The zero-order valence-corrected chi connectivity index (χ0v) is 17.4. The minimum absolute atomic E-state index is 0.0271. The Kier molecular flexibility index (Phi) is 5.04. The lowest BCUT2D eigenvalue weighted by Gasteiger charge is -2.24. The van der Waals surface area contributed by atoms with E-state index in [-0.39, 0.29) is 29.0 Å². The Bertz CT molecular complexity index is 1150. The van der Waals surface area contributed by atoms with Crippen molar-refractivity contribution >= 4 is 17.6 Å². The number of methoxy groups -OCH3 is 1. The number of aromatic nitrogens is 4. The number of pyridine rings is 1. The summed E-state index contributed by atoms with van der Waals surface area (Å²) in [5.74, 6) is -1.02. The fraction of sp³-hybridized carbons (Fsp3) is 0.318. The van der Waals surface area contributed by atoms with Gasteiger partial charge in [-0.15, -0.1) is 0 Å². The minimum atomic E-state index is -0.596. The van der Waals surface area contributed by atoms with Gasteiger partial charge in [0.05, 0.1) is 25.2 Å². The van der Waals surface area contributed by atoms with Crippen molar-refractivity contribution in [3.05, 3.63) is 66.0 Å². The molecule has 2 saturated heterocycles. The molecule has 2 atom stereocenters. The third kappa shape index (κ3) is 3.37. The number of amides is 1. The van der Waals surface area contributed by atoms with Crippen molar-refractivity contribution in [3.63, 3.8) is 0 Å². The average molecular weight is 436 g/mol. The summed E-state index contributed by atoms with van der Waals surface area (Å²) in [7, 11) is 1.33. The monoisotopic (exact) mass is 436 g/mol. The van der Waals surface area contributed by atoms with Crippen molar-refractivity contribution in [2.45, 2.75) is 0 Å². The van der Waals surface area contributed by atoms with E-state index in [0.29, 0.717) is 31.9 Å². The molecule has 5 rings (SSSR count). The fourth-order valence-corrected chi connectivity index (χ4v) is 4.65. The van der Waals surface area contributed by atoms with Gasteiger partial charge in [0, 0.05) is 44.2 Å². The van der Waals surface area contributed by atoms with E-state index in [1.807, 2.05) is 6.07 Å². The molecule has 2 fully saturated rings. The Hall–Kier alpha value is -3.82. The molecule has 1 aromatic carbocycles. The molecule has 0 aliphatic carbocycles. The van der Waals surface area contributed by atoms with Gasteiger partial charge in [0.1, 0.15) is 17.1 Å². The number of ether oxygens (including phenoxy) is 1. The molecule has 2 aliphatic rings. The van der Waals surface area contributed by atoms with E-state index in [2.05, 4.69) is 20.1 Å². The molecule has 32 heavy (non-hydrogen) atoms. The van der Waals surface area contributed by atoms with E-state index in [9.17, 15) is 14.0 Å². The van der Waals surface area contributed by atoms with E-state index >= 15 is 0 Å². The zero-order chi connectivity index (χ0) is 22.2. The number of rotatable bonds is 4. The maximum Gasteiger partial charge on any atom is 0.358 e. The predicted molar refractivity (Wildman–Crippen MR) is 112 cm³/mol. The summed E-state index contributed by atoms with van der Waals surface area (Å²) < 4.78 is 19.6. The summed E-state index contributed by atoms with van der Waals surface area (Å²) in [5, 5.41) is 8.09. The zero-order valence-electron chi connectivity index (χ0n) is 17.4. The second-order valence-electron chi connectivity index (χ2n) is 7.95. The summed E-state index contributed by atoms with van der Waals surface area (Å²) in [6.07, 6.45) is 4.53. The van der Waals surface area contributed by atoms with Crippen LogP contribution in [0.4, 0.5) is 10.1 Å². The maximum absolute atomic E-state index is 14.7. The quantitative estimate of drug-likeness (QED) is 0.576. The highest BCUT2D eigenvalue weighted by molar-refractivity contribution is 5.98. The van der Waals surface area contributed by atoms with Gasteiger partial charge in [0.25, 0.3) is 5.91 Å². The SMILES string of the molecule is COC(=O)c1ncccc1N1CC2CN(C(=O)c3c(F)cccc3-n3nccn3)CC2C1. The van der Waals surface area contributed by atoms with Crippen LogP contribution in [0.25, 0.3) is 5.69 Å². The van der Waals surface area contributed by atoms with Crippen LogP contribution in [0.2, 0.25) is 0 Å². The summed E-state index contributed by atoms with van der Waals surface area (Å²) in [5.41, 5.74) is 1.30. The Morgan fingerprint density at radius 2 is 1.66 bits per heavy atom. The van der Waals surface area contributed by atoms with Crippen LogP contribution in [0, 0.1) is 17.7 Å². The molecule has 4 heterocycles. The van der Waals surface area contributed by atoms with Gasteiger partial charge in [-0.25, -0.2) is 14.2 Å². The van der Waals surface area contributed by atoms with Crippen LogP contribution in [0.5, 0.6) is 0 Å². The number of carbonyl (C=O) groups is 2. The second kappa shape index (κ2) is 8.03. The topological polar surface area (TPSA) is 93.5 Å². The second-order valence-corrected chi connectivity index (χ2v) is 7.95. The Morgan fingerprint density at radius 3 is 2.34 bits per heavy atom. The van der Waals surface area contributed by atoms with Crippen LogP contribution >= 0.6 is 0 Å². The maximum atomic E-state index is 14.7. The first-order valence-electron chi connectivity index (χ1n) is 10.3. The molecule has 1 amide bonds. The Morgan fingerprint density at radius 1 is 0.969 bits per heavy atom. The van der Waals surface area contributed by atoms with Crippen molar-refractivity contribution in [1.29, 1.82) is 0 Å². The summed E-state index contributed by atoms with van der Waals surface area (Å²) >= 11 is 0. The number of likely N-dealkylation sites (tertiary alicyclic amines) is 1. The van der Waals surface area contributed by atoms with Crippen molar-refractivity contribution in [1.82, 2.24) is 24.9 Å². The standard InChI is InChI=1S/C22H21FN6O3/c1-32-22(31)20-18(6-3-7-24-20)27-10-14-12-28(13-15(14)11-27)21(30)19-16(23)4-2-5-17(19)29-25-8-9-26-29/h2-9,14-15H,10-13H2,1H3. The number of anilines is 1. The number of fused-ring (bicyclic) bond motifs is 1. The highest BCUT2D eigenvalue weighted by Gasteiger charge is 2.43. The number of halogens is 1. The Labute approximate surface area is 183 Å². The van der Waals surface area contributed by atoms with Crippen molar-refractivity contribution < 1.29 is 18.7 Å². The number of carbonyl (C=O) groups excluding carboxylic acids is 2. The van der Waals surface area contributed by atoms with Crippen LogP contribution < -0.4 is 4.90 Å². The molecule has 0 spiro atoms. The molecule has 2 aliphatic heterocycles. The smallest absolute Gasteiger partial charge is 0.358 e. The minimum Gasteiger partial charge on any atom is -0.464 e. The highest BCUT2D eigenvalue weighted by Crippen LogP contribution is 2.36. The number of esters is 1. The predicted octanol–water partition coefficient (Wildman–Crippen LogP) is 1.80. The van der Waals surface area contributed by atoms with Gasteiger partial charge in [0.15, 0.2) is 5.69 Å². The highest BCUT2D eigenvalue weighted by atomic mass is 19.1. The molecule has 2 unspecified atom stereocenters. The van der Waals surface area contributed by atoms with E-state index < -0.39 is 11.8 Å². The van der Waals surface area contributed by atoms with Gasteiger partial charge in [-0.3, -0.25) is 4.79 Å². The van der Waals surface area contributed by atoms with Crippen molar-refractivity contribution in [2.24, 2.45) is 11.8 Å². The molecule has 0 N–H and O–H groups in total. The lowest BCUT2D eigenvalue weighted by atomic mass is 10.0. The number of hydrogen-bond donors (Lipinski definition) is 0. The van der Waals surface area contributed by atoms with E-state index in [0.717, 1.165) is 5.69 Å². The van der Waals surface area contributed by atoms with Crippen molar-refractivity contribution in [2.75, 3.05) is 38.2 Å². The van der Waals surface area contributed by atoms with E-state index in [1.165, 1.54) is 36.4 Å². The van der Waals surface area contributed by atoms with Crippen LogP contribution in [-0.2, 0) is 4.74 Å². The van der Waals surface area contributed by atoms with E-state index in [1.54, 1.807) is 23.2 Å². The fourth-order valence-electron chi connectivity index (χ4n) is 4.65. The molecule has 0 radical (unpaired) electrons. The summed E-state index contributed by atoms with van der Waals surface area (Å²) in [6, 6.07) is 8.08. The van der Waals surface area contributed by atoms with Gasteiger partial charge in [-0.2, -0.15) is 15.0 Å². The molecule has 0 saturated carbocycles. The lowest BCUT2D eigenvalue weighted by molar-refractivity contribution is 0.0594. The van der Waals surface area contributed by atoms with Gasteiger partial charge < -0.3 is 14.5 Å². The number of nitrogens with zero attached hydrogens (tertiary/aromatic N) is 6. The number of hydrogen-bond acceptors (Lipinski definition) is 7. The van der Waals surface area contributed by atoms with Gasteiger partial charge in [-0.1, -0.05) is 6.07 Å². The molecule has 0 bridgehead atoms. The number of benzene rings is 1. The largest absolute Gasteiger partial charge is 0.464 e. The molecule has 2 aromatic heterocycles. The molecular weight excluding hydrogens is 415 g/mol. The third-order valence-electron chi connectivity index (χ3n) is 6.12. The molecule has 9 nitrogen and oxygen atoms in total. The summed E-state index contributed by atoms with van der Waals surface area (Å²) in [6.45, 7) is 2.37. The first-order chi connectivity index (χ1) is 15.6. The van der Waals surface area contributed by atoms with E-state index in [4.69, 9.17) is 4.74 Å². The summed E-state index contributed by atoms with van der Waals surface area (Å²) in [4.78, 5) is 34.6. The average Bonchev–Trinajstić information content (AvgIpc) is 3.54.